The van der Waals surface area contributed by atoms with Crippen molar-refractivity contribution in [2.24, 2.45) is 0 Å². The zero-order chi connectivity index (χ0) is 43.3. The number of hydrogen-bond donors (Lipinski definition) is 1. The molecular formula is C42H58N4O15. The fourth-order valence-electron chi connectivity index (χ4n) is 6.05. The van der Waals surface area contributed by atoms with E-state index >= 15 is 0 Å². The van der Waals surface area contributed by atoms with Crippen LogP contribution in [0.3, 0.4) is 0 Å². The maximum absolute atomic E-state index is 12.6. The van der Waals surface area contributed by atoms with E-state index in [1.165, 1.54) is 39.3 Å². The molecule has 0 saturated heterocycles. The van der Waals surface area contributed by atoms with Gasteiger partial charge in [0.1, 0.15) is 12.3 Å². The average Bonchev–Trinajstić information content (AvgIpc) is 3.59. The number of non-ortho nitro benzene ring substituents is 1. The average molecular weight is 859 g/mol. The molecule has 4 rings (SSSR count). The second kappa shape index (κ2) is 29.4. The summed E-state index contributed by atoms with van der Waals surface area (Å²) in [5.41, 5.74) is 4.21. The summed E-state index contributed by atoms with van der Waals surface area (Å²) in [6.07, 6.45) is -0.378. The van der Waals surface area contributed by atoms with Crippen LogP contribution in [-0.4, -0.2) is 167 Å². The van der Waals surface area contributed by atoms with Gasteiger partial charge in [-0.05, 0) is 28.3 Å². The zero-order valence-electron chi connectivity index (χ0n) is 34.7. The molecule has 0 saturated carbocycles. The first-order valence-corrected chi connectivity index (χ1v) is 20.3. The van der Waals surface area contributed by atoms with Gasteiger partial charge in [0, 0.05) is 32.1 Å². The Kier molecular flexibility index (Phi) is 23.6. The maximum atomic E-state index is 12.6. The Morgan fingerprint density at radius 2 is 0.984 bits per heavy atom. The number of ether oxygens (including phenoxy) is 10. The molecule has 19 heteroatoms. The largest absolute Gasteiger partial charge is 0.448 e. The van der Waals surface area contributed by atoms with Gasteiger partial charge < -0.3 is 57.6 Å². The Labute approximate surface area is 355 Å². The molecule has 1 N–H and O–H groups in total. The summed E-state index contributed by atoms with van der Waals surface area (Å²) in [6.45, 7) is 8.37. The number of nitro benzene ring substituents is 2. The molecule has 1 amide bonds. The molecule has 3 aromatic carbocycles. The molecule has 0 atom stereocenters. The van der Waals surface area contributed by atoms with Crippen molar-refractivity contribution < 1.29 is 62.0 Å². The van der Waals surface area contributed by atoms with Crippen LogP contribution in [0.25, 0.3) is 11.1 Å². The number of carbonyl (C=O) groups excluding carboxylic acids is 1. The van der Waals surface area contributed by atoms with E-state index in [1.54, 1.807) is 7.05 Å². The number of carbonyl (C=O) groups is 1. The molecule has 0 fully saturated rings. The molecule has 0 aromatic heterocycles. The number of amides is 1. The van der Waals surface area contributed by atoms with Gasteiger partial charge >= 0.3 is 6.09 Å². The van der Waals surface area contributed by atoms with Crippen molar-refractivity contribution in [2.75, 3.05) is 151 Å². The number of rotatable bonds is 35. The van der Waals surface area contributed by atoms with Gasteiger partial charge in [0.2, 0.25) is 0 Å². The summed E-state index contributed by atoms with van der Waals surface area (Å²) < 4.78 is 55.2. The molecule has 1 aliphatic carbocycles. The van der Waals surface area contributed by atoms with Crippen molar-refractivity contribution in [1.82, 2.24) is 4.90 Å². The third-order valence-electron chi connectivity index (χ3n) is 9.15. The molecule has 0 radical (unpaired) electrons. The SMILES string of the molecule is CN(CCOCCOCCOCCOCCOCCOCCOCCOCCOCCNc1ccc([N+](=O)[O-])cc1[N+](=O)[O-])C(=O)OCC1c2ccccc2-c2ccccc21. The van der Waals surface area contributed by atoms with Gasteiger partial charge in [-0.1, -0.05) is 48.5 Å². The summed E-state index contributed by atoms with van der Waals surface area (Å²) >= 11 is 0. The van der Waals surface area contributed by atoms with E-state index in [-0.39, 0.29) is 48.8 Å². The summed E-state index contributed by atoms with van der Waals surface area (Å²) in [5.74, 6) is 0.0248. The Balaban J connectivity index is 0.816. The summed E-state index contributed by atoms with van der Waals surface area (Å²) in [5, 5.41) is 24.9. The predicted molar refractivity (Wildman–Crippen MR) is 223 cm³/mol. The topological polar surface area (TPSA) is 211 Å². The fourth-order valence-corrected chi connectivity index (χ4v) is 6.05. The van der Waals surface area contributed by atoms with Crippen LogP contribution in [0.2, 0.25) is 0 Å². The van der Waals surface area contributed by atoms with Crippen molar-refractivity contribution in [3.8, 4) is 11.1 Å². The minimum Gasteiger partial charge on any atom is -0.448 e. The van der Waals surface area contributed by atoms with E-state index in [9.17, 15) is 25.0 Å². The summed E-state index contributed by atoms with van der Waals surface area (Å²) in [4.78, 5) is 34.8. The molecule has 336 valence electrons. The summed E-state index contributed by atoms with van der Waals surface area (Å²) in [7, 11) is 1.70. The summed E-state index contributed by atoms with van der Waals surface area (Å²) in [6, 6.07) is 19.9. The van der Waals surface area contributed by atoms with Crippen LogP contribution in [0.4, 0.5) is 21.9 Å². The number of nitrogens with one attached hydrogen (secondary N) is 1. The third kappa shape index (κ3) is 18.4. The first-order chi connectivity index (χ1) is 29.9. The van der Waals surface area contributed by atoms with E-state index in [2.05, 4.69) is 29.6 Å². The lowest BCUT2D eigenvalue weighted by Crippen LogP contribution is -2.32. The quantitative estimate of drug-likeness (QED) is 0.0471. The van der Waals surface area contributed by atoms with E-state index in [0.29, 0.717) is 119 Å². The van der Waals surface area contributed by atoms with Crippen molar-refractivity contribution in [3.63, 3.8) is 0 Å². The lowest BCUT2D eigenvalue weighted by molar-refractivity contribution is -0.393. The van der Waals surface area contributed by atoms with Crippen LogP contribution in [-0.2, 0) is 47.4 Å². The van der Waals surface area contributed by atoms with Crippen LogP contribution >= 0.6 is 0 Å². The minimum atomic E-state index is -0.683. The lowest BCUT2D eigenvalue weighted by Gasteiger charge is -2.19. The molecule has 0 bridgehead atoms. The van der Waals surface area contributed by atoms with Gasteiger partial charge in [0.05, 0.1) is 135 Å². The van der Waals surface area contributed by atoms with E-state index < -0.39 is 9.85 Å². The standard InChI is InChI=1S/C42H58N4O15/c1-44(42(47)61-33-39-37-8-4-2-6-35(37)36-7-3-5-9-38(36)39)13-15-53-17-19-55-21-23-57-25-27-59-29-31-60-30-28-58-26-24-56-22-20-54-18-16-52-14-12-43-40-11-10-34(45(48)49)32-41(40)46(50)51/h2-11,32,39,43H,12-31,33H2,1H3. The van der Waals surface area contributed by atoms with Gasteiger partial charge in [-0.15, -0.1) is 0 Å². The van der Waals surface area contributed by atoms with Crippen LogP contribution < -0.4 is 5.32 Å². The second-order valence-corrected chi connectivity index (χ2v) is 13.4. The van der Waals surface area contributed by atoms with E-state index in [4.69, 9.17) is 47.4 Å². The highest BCUT2D eigenvalue weighted by Gasteiger charge is 2.29. The Hall–Kier alpha value is -4.83. The lowest BCUT2D eigenvalue weighted by atomic mass is 9.98. The molecule has 0 unspecified atom stereocenters. The minimum absolute atomic E-state index is 0.0248. The maximum Gasteiger partial charge on any atom is 0.409 e. The smallest absolute Gasteiger partial charge is 0.409 e. The molecule has 61 heavy (non-hydrogen) atoms. The van der Waals surface area contributed by atoms with Gasteiger partial charge in [0.15, 0.2) is 0 Å². The van der Waals surface area contributed by atoms with Crippen LogP contribution in [0.15, 0.2) is 66.7 Å². The molecular weight excluding hydrogens is 800 g/mol. The number of nitrogens with zero attached hydrogens (tertiary/aromatic N) is 3. The number of anilines is 1. The van der Waals surface area contributed by atoms with Crippen molar-refractivity contribution in [2.45, 2.75) is 5.92 Å². The number of fused-ring (bicyclic) bond motifs is 3. The van der Waals surface area contributed by atoms with E-state index in [1.807, 2.05) is 24.3 Å². The predicted octanol–water partition coefficient (Wildman–Crippen LogP) is 4.95. The van der Waals surface area contributed by atoms with Gasteiger partial charge in [0.25, 0.3) is 11.4 Å². The first-order valence-electron chi connectivity index (χ1n) is 20.3. The fraction of sp³-hybridized carbons (Fsp3) is 0.548. The molecule has 3 aromatic rings. The molecule has 19 nitrogen and oxygen atoms in total. The van der Waals surface area contributed by atoms with E-state index in [0.717, 1.165) is 6.07 Å². The monoisotopic (exact) mass is 858 g/mol. The van der Waals surface area contributed by atoms with Crippen molar-refractivity contribution in [3.05, 3.63) is 98.1 Å². The number of hydrogen-bond acceptors (Lipinski definition) is 16. The van der Waals surface area contributed by atoms with Gasteiger partial charge in [-0.3, -0.25) is 20.2 Å². The molecule has 0 heterocycles. The first kappa shape index (κ1) is 48.8. The highest BCUT2D eigenvalue weighted by atomic mass is 16.6. The number of likely N-dealkylation sites (N-methyl/N-ethyl adjacent to an activating group) is 1. The van der Waals surface area contributed by atoms with Gasteiger partial charge in [-0.2, -0.15) is 0 Å². The molecule has 1 aliphatic rings. The highest BCUT2D eigenvalue weighted by molar-refractivity contribution is 5.79. The van der Waals surface area contributed by atoms with Crippen LogP contribution in [0, 0.1) is 20.2 Å². The molecule has 0 aliphatic heterocycles. The van der Waals surface area contributed by atoms with Crippen molar-refractivity contribution in [1.29, 1.82) is 0 Å². The second-order valence-electron chi connectivity index (χ2n) is 13.4. The zero-order valence-corrected chi connectivity index (χ0v) is 34.7. The Morgan fingerprint density at radius 1 is 0.574 bits per heavy atom. The highest BCUT2D eigenvalue weighted by Crippen LogP contribution is 2.44. The van der Waals surface area contributed by atoms with Crippen LogP contribution in [0.5, 0.6) is 0 Å². The normalized spacial score (nSPS) is 12.0. The van der Waals surface area contributed by atoms with Crippen LogP contribution in [0.1, 0.15) is 17.0 Å². The number of benzene rings is 3. The molecule has 0 spiro atoms. The Morgan fingerprint density at radius 3 is 1.41 bits per heavy atom. The third-order valence-corrected chi connectivity index (χ3v) is 9.15. The van der Waals surface area contributed by atoms with Crippen molar-refractivity contribution >= 4 is 23.2 Å². The van der Waals surface area contributed by atoms with Gasteiger partial charge in [-0.25, -0.2) is 4.79 Å². The number of nitro groups is 2. The Bertz CT molecular complexity index is 1690.